The van der Waals surface area contributed by atoms with Crippen molar-refractivity contribution in [1.29, 1.82) is 0 Å². The molecule has 0 amide bonds. The van der Waals surface area contributed by atoms with Gasteiger partial charge in [0.15, 0.2) is 34.8 Å². The summed E-state index contributed by atoms with van der Waals surface area (Å²) in [5.41, 5.74) is 2.04. The van der Waals surface area contributed by atoms with E-state index in [0.29, 0.717) is 17.1 Å². The Morgan fingerprint density at radius 1 is 0.559 bits per heavy atom. The standard InChI is InChI=1S/C26H14F5NO2/c27-20-19(21(28)23(30)24(31)22(20)29)26-25(34-26)13-9-11-14(12-10-13)32-15-5-1-3-7-17(15)33-18-8-4-2-6-16(18)32/h1-12,25-26H. The fourth-order valence-corrected chi connectivity index (χ4v) is 4.25. The number of epoxide rings is 1. The SMILES string of the molecule is Fc1c(F)c(F)c(C2OC2c2ccc(N3c4ccccc4Oc4ccccc43)cc2)c(F)c1F. The Bertz CT molecular complexity index is 1370. The molecule has 1 fully saturated rings. The summed E-state index contributed by atoms with van der Waals surface area (Å²) in [5, 5.41) is 0. The number of nitrogens with zero attached hydrogens (tertiary/aromatic N) is 1. The molecule has 34 heavy (non-hydrogen) atoms. The van der Waals surface area contributed by atoms with Crippen LogP contribution in [-0.4, -0.2) is 0 Å². The summed E-state index contributed by atoms with van der Waals surface area (Å²) in [6.45, 7) is 0. The average Bonchev–Trinajstić information content (AvgIpc) is 3.65. The predicted molar refractivity (Wildman–Crippen MR) is 114 cm³/mol. The van der Waals surface area contributed by atoms with Crippen molar-refractivity contribution >= 4 is 17.1 Å². The molecule has 3 nitrogen and oxygen atoms in total. The average molecular weight is 467 g/mol. The van der Waals surface area contributed by atoms with Gasteiger partial charge < -0.3 is 14.4 Å². The lowest BCUT2D eigenvalue weighted by Gasteiger charge is -2.32. The van der Waals surface area contributed by atoms with Gasteiger partial charge in [0.25, 0.3) is 0 Å². The molecule has 2 aliphatic rings. The van der Waals surface area contributed by atoms with E-state index in [4.69, 9.17) is 9.47 Å². The fraction of sp³-hybridized carbons (Fsp3) is 0.0769. The van der Waals surface area contributed by atoms with Crippen molar-refractivity contribution in [2.45, 2.75) is 12.2 Å². The summed E-state index contributed by atoms with van der Waals surface area (Å²) in [6, 6.07) is 22.1. The van der Waals surface area contributed by atoms with Gasteiger partial charge in [0, 0.05) is 5.69 Å². The van der Waals surface area contributed by atoms with Crippen molar-refractivity contribution in [3.05, 3.63) is 113 Å². The fourth-order valence-electron chi connectivity index (χ4n) is 4.25. The van der Waals surface area contributed by atoms with Crippen LogP contribution in [0.2, 0.25) is 0 Å². The molecule has 2 aliphatic heterocycles. The summed E-state index contributed by atoms with van der Waals surface area (Å²) in [6.07, 6.45) is -2.09. The van der Waals surface area contributed by atoms with Crippen LogP contribution >= 0.6 is 0 Å². The molecule has 6 rings (SSSR count). The van der Waals surface area contributed by atoms with Crippen molar-refractivity contribution in [3.8, 4) is 11.5 Å². The smallest absolute Gasteiger partial charge is 0.200 e. The number of para-hydroxylation sites is 4. The van der Waals surface area contributed by atoms with Gasteiger partial charge in [-0.05, 0) is 42.0 Å². The molecule has 0 bridgehead atoms. The van der Waals surface area contributed by atoms with Crippen molar-refractivity contribution in [2.75, 3.05) is 4.90 Å². The number of anilines is 3. The highest BCUT2D eigenvalue weighted by atomic mass is 19.2. The summed E-state index contributed by atoms with van der Waals surface area (Å²) >= 11 is 0. The van der Waals surface area contributed by atoms with E-state index in [-0.39, 0.29) is 0 Å². The van der Waals surface area contributed by atoms with Crippen LogP contribution in [0.1, 0.15) is 23.3 Å². The molecule has 2 atom stereocenters. The van der Waals surface area contributed by atoms with Crippen molar-refractivity contribution in [2.24, 2.45) is 0 Å². The Hall–Kier alpha value is -3.91. The maximum absolute atomic E-state index is 14.2. The minimum Gasteiger partial charge on any atom is -0.453 e. The summed E-state index contributed by atoms with van der Waals surface area (Å²) in [7, 11) is 0. The molecule has 0 spiro atoms. The third-order valence-corrected chi connectivity index (χ3v) is 5.93. The second-order valence-corrected chi connectivity index (χ2v) is 7.93. The van der Waals surface area contributed by atoms with E-state index in [9.17, 15) is 22.0 Å². The molecular weight excluding hydrogens is 453 g/mol. The first-order valence-electron chi connectivity index (χ1n) is 10.4. The van der Waals surface area contributed by atoms with Crippen molar-refractivity contribution in [3.63, 3.8) is 0 Å². The van der Waals surface area contributed by atoms with Gasteiger partial charge in [0.2, 0.25) is 5.82 Å². The number of benzene rings is 4. The van der Waals surface area contributed by atoms with Crippen LogP contribution in [0.3, 0.4) is 0 Å². The Kier molecular flexibility index (Phi) is 4.60. The molecule has 4 aromatic carbocycles. The third-order valence-electron chi connectivity index (χ3n) is 5.93. The van der Waals surface area contributed by atoms with Gasteiger partial charge in [0.1, 0.15) is 12.2 Å². The van der Waals surface area contributed by atoms with E-state index in [1.54, 1.807) is 24.3 Å². The molecule has 170 valence electrons. The molecule has 0 saturated carbocycles. The monoisotopic (exact) mass is 467 g/mol. The highest BCUT2D eigenvalue weighted by Crippen LogP contribution is 2.54. The first kappa shape index (κ1) is 20.7. The Labute approximate surface area is 190 Å². The summed E-state index contributed by atoms with van der Waals surface area (Å²) in [4.78, 5) is 2.01. The van der Waals surface area contributed by atoms with Gasteiger partial charge in [-0.1, -0.05) is 36.4 Å². The minimum atomic E-state index is -2.19. The summed E-state index contributed by atoms with van der Waals surface area (Å²) in [5.74, 6) is -8.54. The Balaban J connectivity index is 1.33. The molecule has 8 heteroatoms. The number of fused-ring (bicyclic) bond motifs is 2. The molecular formula is C26H14F5NO2. The van der Waals surface area contributed by atoms with Crippen LogP contribution in [0.4, 0.5) is 39.0 Å². The first-order valence-corrected chi connectivity index (χ1v) is 10.4. The Morgan fingerprint density at radius 3 is 1.62 bits per heavy atom. The number of rotatable bonds is 3. The molecule has 0 aliphatic carbocycles. The second-order valence-electron chi connectivity index (χ2n) is 7.93. The maximum atomic E-state index is 14.2. The van der Waals surface area contributed by atoms with Gasteiger partial charge in [-0.2, -0.15) is 0 Å². The molecule has 2 heterocycles. The molecule has 2 unspecified atom stereocenters. The van der Waals surface area contributed by atoms with Crippen molar-refractivity contribution in [1.82, 2.24) is 0 Å². The maximum Gasteiger partial charge on any atom is 0.200 e. The molecule has 1 saturated heterocycles. The van der Waals surface area contributed by atoms with Gasteiger partial charge in [-0.15, -0.1) is 0 Å². The molecule has 0 radical (unpaired) electrons. The number of ether oxygens (including phenoxy) is 2. The van der Waals surface area contributed by atoms with Crippen molar-refractivity contribution < 1.29 is 31.4 Å². The third kappa shape index (κ3) is 3.06. The lowest BCUT2D eigenvalue weighted by atomic mass is 10.0. The van der Waals surface area contributed by atoms with E-state index in [0.717, 1.165) is 17.1 Å². The lowest BCUT2D eigenvalue weighted by Crippen LogP contribution is -2.15. The van der Waals surface area contributed by atoms with Crippen LogP contribution in [0, 0.1) is 29.1 Å². The van der Waals surface area contributed by atoms with Gasteiger partial charge in [0.05, 0.1) is 16.9 Å². The molecule has 4 aromatic rings. The zero-order valence-electron chi connectivity index (χ0n) is 17.2. The second kappa shape index (κ2) is 7.56. The van der Waals surface area contributed by atoms with Crippen LogP contribution in [0.5, 0.6) is 11.5 Å². The highest BCUT2D eigenvalue weighted by Gasteiger charge is 2.47. The van der Waals surface area contributed by atoms with E-state index in [1.165, 1.54) is 0 Å². The van der Waals surface area contributed by atoms with Crippen LogP contribution in [0.25, 0.3) is 0 Å². The normalized spacial score (nSPS) is 18.2. The molecule has 0 N–H and O–H groups in total. The first-order chi connectivity index (χ1) is 16.5. The lowest BCUT2D eigenvalue weighted by molar-refractivity contribution is 0.339. The van der Waals surface area contributed by atoms with Crippen LogP contribution in [-0.2, 0) is 4.74 Å². The molecule has 0 aromatic heterocycles. The van der Waals surface area contributed by atoms with Gasteiger partial charge in [-0.25, -0.2) is 22.0 Å². The van der Waals surface area contributed by atoms with Crippen LogP contribution in [0.15, 0.2) is 72.8 Å². The zero-order valence-corrected chi connectivity index (χ0v) is 17.2. The zero-order chi connectivity index (χ0) is 23.6. The van der Waals surface area contributed by atoms with E-state index < -0.39 is 46.9 Å². The van der Waals surface area contributed by atoms with E-state index in [1.807, 2.05) is 53.4 Å². The van der Waals surface area contributed by atoms with E-state index in [2.05, 4.69) is 0 Å². The van der Waals surface area contributed by atoms with E-state index >= 15 is 0 Å². The minimum absolute atomic E-state index is 0.549. The topological polar surface area (TPSA) is 25.0 Å². The quantitative estimate of drug-likeness (QED) is 0.117. The summed E-state index contributed by atoms with van der Waals surface area (Å²) < 4.78 is 80.2. The predicted octanol–water partition coefficient (Wildman–Crippen LogP) is 7.77. The van der Waals surface area contributed by atoms with Gasteiger partial charge >= 0.3 is 0 Å². The number of halogens is 5. The van der Waals surface area contributed by atoms with Gasteiger partial charge in [-0.3, -0.25) is 0 Å². The largest absolute Gasteiger partial charge is 0.453 e. The van der Waals surface area contributed by atoms with Crippen LogP contribution < -0.4 is 9.64 Å². The number of hydrogen-bond acceptors (Lipinski definition) is 3. The number of hydrogen-bond donors (Lipinski definition) is 0. The Morgan fingerprint density at radius 2 is 1.06 bits per heavy atom. The highest BCUT2D eigenvalue weighted by molar-refractivity contribution is 5.86.